The van der Waals surface area contributed by atoms with Gasteiger partial charge >= 0.3 is 0 Å². The van der Waals surface area contributed by atoms with Crippen molar-refractivity contribution in [2.24, 2.45) is 0 Å². The van der Waals surface area contributed by atoms with E-state index in [9.17, 15) is 0 Å². The average Bonchev–Trinajstić information content (AvgIpc) is 2.31. The van der Waals surface area contributed by atoms with Crippen molar-refractivity contribution in [1.82, 2.24) is 10.6 Å². The molecule has 1 aromatic carbocycles. The van der Waals surface area contributed by atoms with Crippen molar-refractivity contribution in [3.05, 3.63) is 35.9 Å². The molecule has 1 heterocycles. The monoisotopic (exact) mass is 190 g/mol. The van der Waals surface area contributed by atoms with Crippen molar-refractivity contribution in [3.8, 4) is 0 Å². The summed E-state index contributed by atoms with van der Waals surface area (Å²) in [6.45, 7) is 2.18. The summed E-state index contributed by atoms with van der Waals surface area (Å²) < 4.78 is 0. The number of piperidine rings is 1. The molecule has 2 nitrogen and oxygen atoms in total. The maximum atomic E-state index is 3.47. The summed E-state index contributed by atoms with van der Waals surface area (Å²) in [5.41, 5.74) is 1.55. The van der Waals surface area contributed by atoms with Gasteiger partial charge in [0.15, 0.2) is 0 Å². The Morgan fingerprint density at radius 3 is 2.64 bits per heavy atom. The van der Waals surface area contributed by atoms with Crippen LogP contribution in [-0.4, -0.2) is 20.1 Å². The van der Waals surface area contributed by atoms with Crippen molar-refractivity contribution >= 4 is 0 Å². The molecule has 2 heteroatoms. The quantitative estimate of drug-likeness (QED) is 0.738. The van der Waals surface area contributed by atoms with Crippen LogP contribution in [0.2, 0.25) is 0 Å². The predicted molar refractivity (Wildman–Crippen MR) is 59.3 cm³/mol. The molecule has 76 valence electrons. The van der Waals surface area contributed by atoms with Crippen LogP contribution in [0.1, 0.15) is 18.4 Å². The van der Waals surface area contributed by atoms with Crippen LogP contribution < -0.4 is 10.6 Å². The third kappa shape index (κ3) is 1.68. The van der Waals surface area contributed by atoms with E-state index in [2.05, 4.69) is 48.0 Å². The van der Waals surface area contributed by atoms with Gasteiger partial charge in [-0.25, -0.2) is 0 Å². The van der Waals surface area contributed by atoms with Gasteiger partial charge in [-0.3, -0.25) is 0 Å². The van der Waals surface area contributed by atoms with E-state index < -0.39 is 0 Å². The second-order valence-electron chi connectivity index (χ2n) is 3.98. The third-order valence-electron chi connectivity index (χ3n) is 3.19. The zero-order valence-corrected chi connectivity index (χ0v) is 8.72. The van der Waals surface area contributed by atoms with E-state index >= 15 is 0 Å². The molecule has 2 rings (SSSR count). The molecule has 1 aliphatic rings. The summed E-state index contributed by atoms with van der Waals surface area (Å²) in [5, 5.41) is 6.93. The number of nitrogens with one attached hydrogen (secondary N) is 2. The highest BCUT2D eigenvalue weighted by molar-refractivity contribution is 5.25. The maximum Gasteiger partial charge on any atom is 0.0559 e. The highest BCUT2D eigenvalue weighted by Crippen LogP contribution is 2.27. The van der Waals surface area contributed by atoms with Gasteiger partial charge in [-0.2, -0.15) is 0 Å². The molecule has 1 atom stereocenters. The predicted octanol–water partition coefficient (Wildman–Crippen LogP) is 1.48. The fraction of sp³-hybridized carbons (Fsp3) is 0.500. The van der Waals surface area contributed by atoms with Crippen LogP contribution in [0, 0.1) is 0 Å². The average molecular weight is 190 g/mol. The normalized spacial score (nSPS) is 27.5. The molecule has 1 aromatic rings. The van der Waals surface area contributed by atoms with Crippen LogP contribution in [0.25, 0.3) is 0 Å². The minimum Gasteiger partial charge on any atom is -0.315 e. The van der Waals surface area contributed by atoms with Crippen molar-refractivity contribution in [2.45, 2.75) is 18.4 Å². The second kappa shape index (κ2) is 4.11. The molecule has 0 amide bonds. The number of hydrogen-bond donors (Lipinski definition) is 2. The zero-order valence-electron chi connectivity index (χ0n) is 8.72. The first-order chi connectivity index (χ1) is 6.87. The van der Waals surface area contributed by atoms with Crippen LogP contribution in [0.5, 0.6) is 0 Å². The molecule has 1 fully saturated rings. The van der Waals surface area contributed by atoms with Crippen LogP contribution >= 0.6 is 0 Å². The van der Waals surface area contributed by atoms with E-state index in [1.165, 1.54) is 18.4 Å². The molecular formula is C12H18N2. The number of rotatable bonds is 2. The molecule has 1 unspecified atom stereocenters. The van der Waals surface area contributed by atoms with E-state index in [0.717, 1.165) is 13.1 Å². The van der Waals surface area contributed by atoms with Gasteiger partial charge in [0.05, 0.1) is 5.54 Å². The third-order valence-corrected chi connectivity index (χ3v) is 3.19. The molecule has 0 bridgehead atoms. The van der Waals surface area contributed by atoms with Crippen molar-refractivity contribution in [1.29, 1.82) is 0 Å². The van der Waals surface area contributed by atoms with Gasteiger partial charge < -0.3 is 10.6 Å². The van der Waals surface area contributed by atoms with E-state index in [-0.39, 0.29) is 5.54 Å². The highest BCUT2D eigenvalue weighted by atomic mass is 15.0. The van der Waals surface area contributed by atoms with E-state index in [4.69, 9.17) is 0 Å². The van der Waals surface area contributed by atoms with E-state index in [1.54, 1.807) is 0 Å². The Bertz CT molecular complexity index is 276. The zero-order chi connectivity index (χ0) is 9.86. The molecular weight excluding hydrogens is 172 g/mol. The van der Waals surface area contributed by atoms with Crippen molar-refractivity contribution in [3.63, 3.8) is 0 Å². The summed E-state index contributed by atoms with van der Waals surface area (Å²) >= 11 is 0. The van der Waals surface area contributed by atoms with Crippen LogP contribution in [0.3, 0.4) is 0 Å². The lowest BCUT2D eigenvalue weighted by Crippen LogP contribution is -2.51. The molecule has 0 saturated carbocycles. The summed E-state index contributed by atoms with van der Waals surface area (Å²) in [4.78, 5) is 0. The van der Waals surface area contributed by atoms with E-state index in [1.807, 2.05) is 0 Å². The summed E-state index contributed by atoms with van der Waals surface area (Å²) in [5.74, 6) is 0. The maximum absolute atomic E-state index is 3.47. The summed E-state index contributed by atoms with van der Waals surface area (Å²) in [6.07, 6.45) is 2.47. The first-order valence-corrected chi connectivity index (χ1v) is 5.32. The Kier molecular flexibility index (Phi) is 2.85. The van der Waals surface area contributed by atoms with Gasteiger partial charge in [0.2, 0.25) is 0 Å². The lowest BCUT2D eigenvalue weighted by Gasteiger charge is -2.38. The molecule has 14 heavy (non-hydrogen) atoms. The Balaban J connectivity index is 2.27. The SMILES string of the molecule is CNC1(c2ccccc2)CCCNC1. The van der Waals surface area contributed by atoms with Gasteiger partial charge in [0.1, 0.15) is 0 Å². The first-order valence-electron chi connectivity index (χ1n) is 5.32. The number of benzene rings is 1. The lowest BCUT2D eigenvalue weighted by atomic mass is 9.83. The summed E-state index contributed by atoms with van der Waals surface area (Å²) in [6, 6.07) is 10.7. The first kappa shape index (κ1) is 9.69. The van der Waals surface area contributed by atoms with Gasteiger partial charge in [-0.1, -0.05) is 30.3 Å². The smallest absolute Gasteiger partial charge is 0.0559 e. The van der Waals surface area contributed by atoms with Gasteiger partial charge in [0, 0.05) is 6.54 Å². The largest absolute Gasteiger partial charge is 0.315 e. The highest BCUT2D eigenvalue weighted by Gasteiger charge is 2.31. The van der Waals surface area contributed by atoms with Gasteiger partial charge in [-0.15, -0.1) is 0 Å². The molecule has 0 radical (unpaired) electrons. The topological polar surface area (TPSA) is 24.1 Å². The number of hydrogen-bond acceptors (Lipinski definition) is 2. The standard InChI is InChI=1S/C12H18N2/c1-13-12(8-5-9-14-10-12)11-6-3-2-4-7-11/h2-4,6-7,13-14H,5,8-10H2,1H3. The van der Waals surface area contributed by atoms with E-state index in [0.29, 0.717) is 0 Å². The van der Waals surface area contributed by atoms with Gasteiger partial charge in [0.25, 0.3) is 0 Å². The number of likely N-dealkylation sites (N-methyl/N-ethyl adjacent to an activating group) is 1. The minimum atomic E-state index is 0.152. The van der Waals surface area contributed by atoms with Crippen LogP contribution in [0.4, 0.5) is 0 Å². The molecule has 1 aliphatic heterocycles. The van der Waals surface area contributed by atoms with Crippen molar-refractivity contribution in [2.75, 3.05) is 20.1 Å². The van der Waals surface area contributed by atoms with Crippen molar-refractivity contribution < 1.29 is 0 Å². The van der Waals surface area contributed by atoms with Crippen LogP contribution in [-0.2, 0) is 5.54 Å². The van der Waals surface area contributed by atoms with Gasteiger partial charge in [-0.05, 0) is 32.0 Å². The molecule has 1 saturated heterocycles. The molecule has 0 aliphatic carbocycles. The summed E-state index contributed by atoms with van der Waals surface area (Å²) in [7, 11) is 2.06. The minimum absolute atomic E-state index is 0.152. The molecule has 2 N–H and O–H groups in total. The fourth-order valence-electron chi connectivity index (χ4n) is 2.27. The molecule has 0 aromatic heterocycles. The Hall–Kier alpha value is -0.860. The Morgan fingerprint density at radius 2 is 2.07 bits per heavy atom. The molecule has 0 spiro atoms. The van der Waals surface area contributed by atoms with Crippen LogP contribution in [0.15, 0.2) is 30.3 Å². The fourth-order valence-corrected chi connectivity index (χ4v) is 2.27. The lowest BCUT2D eigenvalue weighted by molar-refractivity contribution is 0.269. The Morgan fingerprint density at radius 1 is 1.29 bits per heavy atom. The Labute approximate surface area is 85.7 Å². The second-order valence-corrected chi connectivity index (χ2v) is 3.98.